The van der Waals surface area contributed by atoms with E-state index in [9.17, 15) is 0 Å². The second kappa shape index (κ2) is 6.95. The summed E-state index contributed by atoms with van der Waals surface area (Å²) in [5, 5.41) is 0. The van der Waals surface area contributed by atoms with Crippen LogP contribution in [0.5, 0.6) is 0 Å². The van der Waals surface area contributed by atoms with E-state index in [0.29, 0.717) is 0 Å². The molecule has 1 aliphatic carbocycles. The van der Waals surface area contributed by atoms with Gasteiger partial charge in [-0.3, -0.25) is 4.90 Å². The molecule has 0 saturated carbocycles. The Hall–Kier alpha value is -1.54. The fourth-order valence-electron chi connectivity index (χ4n) is 3.44. The predicted molar refractivity (Wildman–Crippen MR) is 88.9 cm³/mol. The topological polar surface area (TPSA) is 29.3 Å². The van der Waals surface area contributed by atoms with E-state index >= 15 is 0 Å². The van der Waals surface area contributed by atoms with Gasteiger partial charge in [-0.05, 0) is 62.2 Å². The van der Waals surface area contributed by atoms with Gasteiger partial charge in [-0.2, -0.15) is 0 Å². The summed E-state index contributed by atoms with van der Waals surface area (Å²) < 4.78 is 0. The number of hydrogen-bond acceptors (Lipinski definition) is 2. The summed E-state index contributed by atoms with van der Waals surface area (Å²) in [5.74, 6) is 0.844. The smallest absolute Gasteiger partial charge is 0.0316 e. The van der Waals surface area contributed by atoms with Crippen LogP contribution in [0, 0.1) is 5.92 Å². The van der Waals surface area contributed by atoms with Crippen LogP contribution in [-0.4, -0.2) is 24.5 Å². The lowest BCUT2D eigenvalue weighted by molar-refractivity contribution is 0.197. The summed E-state index contributed by atoms with van der Waals surface area (Å²) in [6.07, 6.45) is 10.6. The maximum Gasteiger partial charge on any atom is 0.0316 e. The molecule has 2 N–H and O–H groups in total. The summed E-state index contributed by atoms with van der Waals surface area (Å²) in [7, 11) is 0. The lowest BCUT2D eigenvalue weighted by Crippen LogP contribution is -2.36. The van der Waals surface area contributed by atoms with Gasteiger partial charge in [-0.15, -0.1) is 0 Å². The van der Waals surface area contributed by atoms with E-state index in [4.69, 9.17) is 5.73 Å². The van der Waals surface area contributed by atoms with Gasteiger partial charge < -0.3 is 5.73 Å². The summed E-state index contributed by atoms with van der Waals surface area (Å²) in [4.78, 5) is 2.57. The molecule has 0 radical (unpaired) electrons. The third-order valence-corrected chi connectivity index (χ3v) is 4.76. The molecule has 1 fully saturated rings. The summed E-state index contributed by atoms with van der Waals surface area (Å²) >= 11 is 0. The third-order valence-electron chi connectivity index (χ3n) is 4.76. The Morgan fingerprint density at radius 2 is 1.71 bits per heavy atom. The standard InChI is InChI=1S/C19H26N2/c20-19-9-5-4-8-18(19)15-21-12-10-17(11-13-21)14-16-6-2-1-3-7-16/h1-3,6-9,17H,4-5,10-15,20H2. The molecule has 2 nitrogen and oxygen atoms in total. The molecule has 0 aromatic heterocycles. The molecule has 2 aliphatic rings. The number of benzene rings is 1. The monoisotopic (exact) mass is 282 g/mol. The first-order chi connectivity index (χ1) is 10.3. The van der Waals surface area contributed by atoms with E-state index in [2.05, 4.69) is 47.4 Å². The van der Waals surface area contributed by atoms with Crippen molar-refractivity contribution in [2.75, 3.05) is 19.6 Å². The molecule has 0 bridgehead atoms. The van der Waals surface area contributed by atoms with Crippen molar-refractivity contribution in [3.8, 4) is 0 Å². The molecule has 0 atom stereocenters. The fourth-order valence-corrected chi connectivity index (χ4v) is 3.44. The first-order valence-electron chi connectivity index (χ1n) is 8.22. The highest BCUT2D eigenvalue weighted by Crippen LogP contribution is 2.23. The normalized spacial score (nSPS) is 21.0. The Balaban J connectivity index is 1.47. The van der Waals surface area contributed by atoms with Crippen LogP contribution in [0.1, 0.15) is 31.2 Å². The SMILES string of the molecule is NC1=CCCC=C1CN1CCC(Cc2ccccc2)CC1. The van der Waals surface area contributed by atoms with Crippen LogP contribution in [0.2, 0.25) is 0 Å². The van der Waals surface area contributed by atoms with Crippen molar-refractivity contribution >= 4 is 0 Å². The molecule has 0 unspecified atom stereocenters. The van der Waals surface area contributed by atoms with Crippen LogP contribution in [0.4, 0.5) is 0 Å². The fraction of sp³-hybridized carbons (Fsp3) is 0.474. The molecular weight excluding hydrogens is 256 g/mol. The van der Waals surface area contributed by atoms with E-state index in [1.165, 1.54) is 43.5 Å². The van der Waals surface area contributed by atoms with Crippen molar-refractivity contribution in [1.82, 2.24) is 4.90 Å². The minimum absolute atomic E-state index is 0.844. The van der Waals surface area contributed by atoms with E-state index in [1.54, 1.807) is 0 Å². The van der Waals surface area contributed by atoms with Gasteiger partial charge in [0.2, 0.25) is 0 Å². The average molecular weight is 282 g/mol. The second-order valence-corrected chi connectivity index (χ2v) is 6.38. The molecule has 1 heterocycles. The third kappa shape index (κ3) is 3.98. The maximum absolute atomic E-state index is 6.09. The number of nitrogens with zero attached hydrogens (tertiary/aromatic N) is 1. The van der Waals surface area contributed by atoms with Crippen LogP contribution in [0.3, 0.4) is 0 Å². The van der Waals surface area contributed by atoms with Gasteiger partial charge in [-0.1, -0.05) is 42.5 Å². The Morgan fingerprint density at radius 1 is 1.00 bits per heavy atom. The lowest BCUT2D eigenvalue weighted by atomic mass is 9.90. The maximum atomic E-state index is 6.09. The van der Waals surface area contributed by atoms with E-state index in [-0.39, 0.29) is 0 Å². The molecule has 1 aliphatic heterocycles. The second-order valence-electron chi connectivity index (χ2n) is 6.38. The summed E-state index contributed by atoms with van der Waals surface area (Å²) in [6.45, 7) is 3.46. The molecule has 0 spiro atoms. The molecule has 21 heavy (non-hydrogen) atoms. The molecule has 0 amide bonds. The van der Waals surface area contributed by atoms with Gasteiger partial charge in [0.05, 0.1) is 0 Å². The van der Waals surface area contributed by atoms with Crippen LogP contribution in [0.15, 0.2) is 53.8 Å². The minimum Gasteiger partial charge on any atom is -0.399 e. The number of piperidine rings is 1. The van der Waals surface area contributed by atoms with Crippen molar-refractivity contribution in [3.05, 3.63) is 59.3 Å². The minimum atomic E-state index is 0.844. The van der Waals surface area contributed by atoms with E-state index < -0.39 is 0 Å². The number of allylic oxidation sites excluding steroid dienone is 2. The van der Waals surface area contributed by atoms with Crippen molar-refractivity contribution in [2.45, 2.75) is 32.1 Å². The average Bonchev–Trinajstić information content (AvgIpc) is 2.52. The first kappa shape index (κ1) is 14.4. The van der Waals surface area contributed by atoms with Crippen LogP contribution in [-0.2, 0) is 6.42 Å². The van der Waals surface area contributed by atoms with Crippen LogP contribution >= 0.6 is 0 Å². The zero-order valence-electron chi connectivity index (χ0n) is 12.8. The summed E-state index contributed by atoms with van der Waals surface area (Å²) in [6, 6.07) is 10.9. The van der Waals surface area contributed by atoms with E-state index in [0.717, 1.165) is 31.0 Å². The molecule has 3 rings (SSSR count). The van der Waals surface area contributed by atoms with Gasteiger partial charge in [0, 0.05) is 12.2 Å². The zero-order valence-corrected chi connectivity index (χ0v) is 12.8. The highest BCUT2D eigenvalue weighted by atomic mass is 15.1. The molecule has 112 valence electrons. The van der Waals surface area contributed by atoms with Crippen molar-refractivity contribution in [3.63, 3.8) is 0 Å². The molecule has 2 heteroatoms. The number of rotatable bonds is 4. The van der Waals surface area contributed by atoms with Crippen molar-refractivity contribution < 1.29 is 0 Å². The molecular formula is C19H26N2. The Kier molecular flexibility index (Phi) is 4.76. The van der Waals surface area contributed by atoms with Gasteiger partial charge in [0.25, 0.3) is 0 Å². The molecule has 1 aromatic carbocycles. The van der Waals surface area contributed by atoms with Gasteiger partial charge in [-0.25, -0.2) is 0 Å². The summed E-state index contributed by atoms with van der Waals surface area (Å²) in [5.41, 5.74) is 9.93. The zero-order chi connectivity index (χ0) is 14.5. The van der Waals surface area contributed by atoms with E-state index in [1.807, 2.05) is 0 Å². The highest BCUT2D eigenvalue weighted by molar-refractivity contribution is 5.32. The van der Waals surface area contributed by atoms with Gasteiger partial charge >= 0.3 is 0 Å². The van der Waals surface area contributed by atoms with Crippen molar-refractivity contribution in [2.24, 2.45) is 11.7 Å². The van der Waals surface area contributed by atoms with Crippen LogP contribution < -0.4 is 5.73 Å². The lowest BCUT2D eigenvalue weighted by Gasteiger charge is -2.33. The Bertz CT molecular complexity index is 508. The largest absolute Gasteiger partial charge is 0.399 e. The van der Waals surface area contributed by atoms with Gasteiger partial charge in [0.15, 0.2) is 0 Å². The number of hydrogen-bond donors (Lipinski definition) is 1. The Labute approximate surface area is 128 Å². The van der Waals surface area contributed by atoms with Crippen LogP contribution in [0.25, 0.3) is 0 Å². The number of likely N-dealkylation sites (tertiary alicyclic amines) is 1. The highest BCUT2D eigenvalue weighted by Gasteiger charge is 2.20. The van der Waals surface area contributed by atoms with Gasteiger partial charge in [0.1, 0.15) is 0 Å². The van der Waals surface area contributed by atoms with Crippen molar-refractivity contribution in [1.29, 1.82) is 0 Å². The molecule has 1 saturated heterocycles. The quantitative estimate of drug-likeness (QED) is 0.915. The Morgan fingerprint density at radius 3 is 2.43 bits per heavy atom. The first-order valence-corrected chi connectivity index (χ1v) is 8.22. The number of nitrogens with two attached hydrogens (primary N) is 1. The predicted octanol–water partition coefficient (Wildman–Crippen LogP) is 3.50. The molecule has 1 aromatic rings.